The van der Waals surface area contributed by atoms with E-state index < -0.39 is 11.6 Å². The van der Waals surface area contributed by atoms with Gasteiger partial charge in [0.25, 0.3) is 0 Å². The van der Waals surface area contributed by atoms with Crippen LogP contribution in [-0.4, -0.2) is 13.7 Å². The minimum Gasteiger partial charge on any atom is -0.497 e. The predicted molar refractivity (Wildman–Crippen MR) is 79.5 cm³/mol. The number of hydrogen-bond acceptors (Lipinski definition) is 2. The van der Waals surface area contributed by atoms with Crippen LogP contribution in [0.2, 0.25) is 0 Å². The average molecular weight is 291 g/mol. The second kappa shape index (κ2) is 7.18. The molecule has 0 fully saturated rings. The van der Waals surface area contributed by atoms with Gasteiger partial charge in [-0.05, 0) is 55.3 Å². The second-order valence-electron chi connectivity index (χ2n) is 4.98. The Hall–Kier alpha value is -1.94. The second-order valence-corrected chi connectivity index (χ2v) is 4.98. The highest BCUT2D eigenvalue weighted by atomic mass is 19.1. The molecule has 0 saturated carbocycles. The molecule has 0 amide bonds. The summed E-state index contributed by atoms with van der Waals surface area (Å²) in [5.41, 5.74) is 1.79. The number of hydrogen-bond donors (Lipinski definition) is 1. The summed E-state index contributed by atoms with van der Waals surface area (Å²) < 4.78 is 31.4. The molecule has 0 aliphatic rings. The molecule has 0 bridgehead atoms. The van der Waals surface area contributed by atoms with Crippen molar-refractivity contribution in [3.05, 3.63) is 65.2 Å². The fourth-order valence-corrected chi connectivity index (χ4v) is 2.17. The fourth-order valence-electron chi connectivity index (χ4n) is 2.17. The van der Waals surface area contributed by atoms with E-state index in [4.69, 9.17) is 4.74 Å². The number of methoxy groups -OCH3 is 1. The molecule has 2 aromatic rings. The summed E-state index contributed by atoms with van der Waals surface area (Å²) in [6.45, 7) is 2.62. The summed E-state index contributed by atoms with van der Waals surface area (Å²) in [5, 5.41) is 3.27. The quantitative estimate of drug-likeness (QED) is 0.872. The zero-order valence-corrected chi connectivity index (χ0v) is 12.2. The summed E-state index contributed by atoms with van der Waals surface area (Å²) in [7, 11) is 1.64. The third kappa shape index (κ3) is 4.53. The molecule has 0 aliphatic carbocycles. The maximum atomic E-state index is 13.2. The van der Waals surface area contributed by atoms with Gasteiger partial charge < -0.3 is 10.1 Å². The lowest BCUT2D eigenvalue weighted by Crippen LogP contribution is -2.21. The number of halogens is 2. The molecule has 1 unspecified atom stereocenters. The molecule has 0 aliphatic heterocycles. The minimum absolute atomic E-state index is 0.103. The van der Waals surface area contributed by atoms with E-state index in [1.165, 1.54) is 17.7 Å². The summed E-state index contributed by atoms with van der Waals surface area (Å²) in [6.07, 6.45) is 0.839. The first-order valence-electron chi connectivity index (χ1n) is 6.91. The zero-order valence-electron chi connectivity index (χ0n) is 12.2. The summed E-state index contributed by atoms with van der Waals surface area (Å²) in [6, 6.07) is 11.3. The lowest BCUT2D eigenvalue weighted by atomic mass is 10.1. The summed E-state index contributed by atoms with van der Waals surface area (Å²) >= 11 is 0. The van der Waals surface area contributed by atoms with Crippen molar-refractivity contribution in [2.24, 2.45) is 0 Å². The molecule has 1 N–H and O–H groups in total. The lowest BCUT2D eigenvalue weighted by Gasteiger charge is -2.14. The maximum Gasteiger partial charge on any atom is 0.126 e. The molecule has 2 aromatic carbocycles. The van der Waals surface area contributed by atoms with Crippen molar-refractivity contribution in [2.45, 2.75) is 19.4 Å². The van der Waals surface area contributed by atoms with Crippen molar-refractivity contribution in [1.29, 1.82) is 0 Å². The summed E-state index contributed by atoms with van der Waals surface area (Å²) in [5.74, 6) is -0.266. The van der Waals surface area contributed by atoms with Crippen LogP contribution in [0.15, 0.2) is 42.5 Å². The van der Waals surface area contributed by atoms with Crippen molar-refractivity contribution in [2.75, 3.05) is 13.7 Å². The van der Waals surface area contributed by atoms with Crippen LogP contribution in [-0.2, 0) is 6.42 Å². The number of ether oxygens (including phenoxy) is 1. The first-order valence-corrected chi connectivity index (χ1v) is 6.91. The molecule has 112 valence electrons. The predicted octanol–water partition coefficient (Wildman–Crippen LogP) is 3.87. The third-order valence-corrected chi connectivity index (χ3v) is 3.41. The Morgan fingerprint density at radius 1 is 1.05 bits per heavy atom. The van der Waals surface area contributed by atoms with Gasteiger partial charge in [-0.3, -0.25) is 0 Å². The van der Waals surface area contributed by atoms with Gasteiger partial charge in [0.1, 0.15) is 17.4 Å². The Kier molecular flexibility index (Phi) is 5.28. The Balaban J connectivity index is 1.87. The van der Waals surface area contributed by atoms with Crippen LogP contribution in [0.4, 0.5) is 8.78 Å². The molecule has 2 nitrogen and oxygen atoms in total. The fraction of sp³-hybridized carbons (Fsp3) is 0.294. The van der Waals surface area contributed by atoms with Crippen LogP contribution < -0.4 is 10.1 Å². The van der Waals surface area contributed by atoms with Gasteiger partial charge in [0.2, 0.25) is 0 Å². The van der Waals surface area contributed by atoms with Gasteiger partial charge in [-0.25, -0.2) is 8.78 Å². The van der Waals surface area contributed by atoms with Gasteiger partial charge in [0.15, 0.2) is 0 Å². The van der Waals surface area contributed by atoms with Gasteiger partial charge in [0, 0.05) is 12.1 Å². The lowest BCUT2D eigenvalue weighted by molar-refractivity contribution is 0.414. The monoisotopic (exact) mass is 291 g/mol. The number of benzene rings is 2. The van der Waals surface area contributed by atoms with Crippen molar-refractivity contribution in [3.8, 4) is 5.75 Å². The molecule has 21 heavy (non-hydrogen) atoms. The van der Waals surface area contributed by atoms with E-state index in [1.54, 1.807) is 7.11 Å². The van der Waals surface area contributed by atoms with E-state index in [9.17, 15) is 8.78 Å². The van der Waals surface area contributed by atoms with E-state index in [0.29, 0.717) is 5.56 Å². The maximum absolute atomic E-state index is 13.2. The van der Waals surface area contributed by atoms with Crippen molar-refractivity contribution in [1.82, 2.24) is 5.32 Å². The SMILES string of the molecule is COc1ccc(CCNC(C)c2cc(F)cc(F)c2)cc1. The highest BCUT2D eigenvalue weighted by molar-refractivity contribution is 5.27. The Labute approximate surface area is 123 Å². The van der Waals surface area contributed by atoms with Gasteiger partial charge >= 0.3 is 0 Å². The minimum atomic E-state index is -0.547. The van der Waals surface area contributed by atoms with Crippen LogP contribution in [0.3, 0.4) is 0 Å². The van der Waals surface area contributed by atoms with E-state index in [2.05, 4.69) is 5.32 Å². The van der Waals surface area contributed by atoms with Gasteiger partial charge in [-0.15, -0.1) is 0 Å². The Bertz CT molecular complexity index is 564. The zero-order chi connectivity index (χ0) is 15.2. The van der Waals surface area contributed by atoms with Crippen LogP contribution in [0, 0.1) is 11.6 Å². The normalized spacial score (nSPS) is 12.2. The standard InChI is InChI=1S/C17H19F2NO/c1-12(14-9-15(18)11-16(19)10-14)20-8-7-13-3-5-17(21-2)6-4-13/h3-6,9-12,20H,7-8H2,1-2H3. The average Bonchev–Trinajstić information content (AvgIpc) is 2.47. The van der Waals surface area contributed by atoms with Crippen molar-refractivity contribution in [3.63, 3.8) is 0 Å². The molecule has 1 atom stereocenters. The van der Waals surface area contributed by atoms with E-state index in [0.717, 1.165) is 24.8 Å². The van der Waals surface area contributed by atoms with Crippen LogP contribution in [0.25, 0.3) is 0 Å². The van der Waals surface area contributed by atoms with Crippen LogP contribution >= 0.6 is 0 Å². The van der Waals surface area contributed by atoms with Gasteiger partial charge in [0.05, 0.1) is 7.11 Å². The van der Waals surface area contributed by atoms with Crippen molar-refractivity contribution < 1.29 is 13.5 Å². The smallest absolute Gasteiger partial charge is 0.126 e. The molecule has 2 rings (SSSR count). The van der Waals surface area contributed by atoms with Gasteiger partial charge in [-0.1, -0.05) is 12.1 Å². The largest absolute Gasteiger partial charge is 0.497 e. The number of nitrogens with one attached hydrogen (secondary N) is 1. The molecule has 0 aromatic heterocycles. The van der Waals surface area contributed by atoms with Crippen molar-refractivity contribution >= 4 is 0 Å². The molecular formula is C17H19F2NO. The molecule has 0 saturated heterocycles. The van der Waals surface area contributed by atoms with E-state index >= 15 is 0 Å². The third-order valence-electron chi connectivity index (χ3n) is 3.41. The van der Waals surface area contributed by atoms with Crippen LogP contribution in [0.1, 0.15) is 24.1 Å². The molecule has 0 spiro atoms. The topological polar surface area (TPSA) is 21.3 Å². The molecule has 0 heterocycles. The van der Waals surface area contributed by atoms with Crippen LogP contribution in [0.5, 0.6) is 5.75 Å². The first-order chi connectivity index (χ1) is 10.1. The Morgan fingerprint density at radius 3 is 2.24 bits per heavy atom. The van der Waals surface area contributed by atoms with E-state index in [-0.39, 0.29) is 6.04 Å². The Morgan fingerprint density at radius 2 is 1.67 bits per heavy atom. The first kappa shape index (κ1) is 15.4. The highest BCUT2D eigenvalue weighted by Gasteiger charge is 2.08. The summed E-state index contributed by atoms with van der Waals surface area (Å²) in [4.78, 5) is 0. The number of rotatable bonds is 6. The molecule has 4 heteroatoms. The highest BCUT2D eigenvalue weighted by Crippen LogP contribution is 2.16. The molecule has 0 radical (unpaired) electrons. The molecular weight excluding hydrogens is 272 g/mol. The van der Waals surface area contributed by atoms with E-state index in [1.807, 2.05) is 31.2 Å². The van der Waals surface area contributed by atoms with Gasteiger partial charge in [-0.2, -0.15) is 0 Å².